The monoisotopic (exact) mass is 262 g/mol. The van der Waals surface area contributed by atoms with Crippen molar-refractivity contribution >= 4 is 22.2 Å². The lowest BCUT2D eigenvalue weighted by atomic mass is 10.3. The van der Waals surface area contributed by atoms with Crippen LogP contribution >= 0.6 is 11.3 Å². The van der Waals surface area contributed by atoms with Gasteiger partial charge in [-0.15, -0.1) is 11.3 Å². The van der Waals surface area contributed by atoms with Gasteiger partial charge >= 0.3 is 0 Å². The van der Waals surface area contributed by atoms with Crippen molar-refractivity contribution in [2.45, 2.75) is 6.42 Å². The van der Waals surface area contributed by atoms with Crippen molar-refractivity contribution in [3.05, 3.63) is 33.7 Å². The number of hydrogen-bond acceptors (Lipinski definition) is 5. The topological polar surface area (TPSA) is 78.5 Å². The molecule has 0 saturated heterocycles. The molecule has 18 heavy (non-hydrogen) atoms. The third-order valence-corrected chi connectivity index (χ3v) is 3.25. The first-order valence-electron chi connectivity index (χ1n) is 5.22. The summed E-state index contributed by atoms with van der Waals surface area (Å²) in [4.78, 5) is 30.0. The van der Waals surface area contributed by atoms with E-state index in [0.717, 1.165) is 0 Å². The summed E-state index contributed by atoms with van der Waals surface area (Å²) < 4.78 is 1.34. The van der Waals surface area contributed by atoms with Crippen molar-refractivity contribution in [1.29, 1.82) is 5.26 Å². The summed E-state index contributed by atoms with van der Waals surface area (Å²) in [6.45, 7) is 0.293. The Hall–Kier alpha value is -2.20. The van der Waals surface area contributed by atoms with Crippen LogP contribution in [0.5, 0.6) is 0 Å². The van der Waals surface area contributed by atoms with Crippen molar-refractivity contribution in [3.63, 3.8) is 0 Å². The molecule has 92 valence electrons. The van der Waals surface area contributed by atoms with Gasteiger partial charge in [0.25, 0.3) is 11.5 Å². The Labute approximate surface area is 107 Å². The van der Waals surface area contributed by atoms with Crippen LogP contribution in [0.3, 0.4) is 0 Å². The van der Waals surface area contributed by atoms with Crippen LogP contribution in [-0.4, -0.2) is 33.8 Å². The zero-order valence-electron chi connectivity index (χ0n) is 9.66. The number of nitrogens with zero attached hydrogens (tertiary/aromatic N) is 4. The first-order valence-corrected chi connectivity index (χ1v) is 6.10. The Morgan fingerprint density at radius 3 is 3.17 bits per heavy atom. The molecule has 0 bridgehead atoms. The van der Waals surface area contributed by atoms with Crippen molar-refractivity contribution in [2.24, 2.45) is 0 Å². The van der Waals surface area contributed by atoms with E-state index in [0.29, 0.717) is 11.5 Å². The highest BCUT2D eigenvalue weighted by Crippen LogP contribution is 2.06. The number of nitriles is 1. The molecular weight excluding hydrogens is 252 g/mol. The predicted molar refractivity (Wildman–Crippen MR) is 66.5 cm³/mol. The van der Waals surface area contributed by atoms with Crippen LogP contribution in [0, 0.1) is 11.3 Å². The molecule has 0 saturated carbocycles. The molecule has 0 aliphatic carbocycles. The quantitative estimate of drug-likeness (QED) is 0.817. The highest BCUT2D eigenvalue weighted by atomic mass is 32.1. The number of hydrogen-bond donors (Lipinski definition) is 0. The number of carbonyl (C=O) groups is 1. The molecule has 2 aromatic heterocycles. The SMILES string of the molecule is CN(CCC#N)C(=O)c1cnc2sccn2c1=O. The Morgan fingerprint density at radius 1 is 1.67 bits per heavy atom. The fourth-order valence-corrected chi connectivity index (χ4v) is 2.17. The smallest absolute Gasteiger partial charge is 0.271 e. The largest absolute Gasteiger partial charge is 0.340 e. The van der Waals surface area contributed by atoms with Gasteiger partial charge in [0.1, 0.15) is 5.56 Å². The van der Waals surface area contributed by atoms with Crippen LogP contribution in [0.15, 0.2) is 22.6 Å². The lowest BCUT2D eigenvalue weighted by Gasteiger charge is -2.14. The maximum absolute atomic E-state index is 12.0. The number of amides is 1. The zero-order chi connectivity index (χ0) is 13.1. The summed E-state index contributed by atoms with van der Waals surface area (Å²) >= 11 is 1.33. The van der Waals surface area contributed by atoms with Crippen LogP contribution in [0.4, 0.5) is 0 Å². The minimum Gasteiger partial charge on any atom is -0.340 e. The van der Waals surface area contributed by atoms with Gasteiger partial charge in [-0.25, -0.2) is 4.98 Å². The molecule has 0 radical (unpaired) electrons. The van der Waals surface area contributed by atoms with Crippen LogP contribution < -0.4 is 5.56 Å². The van der Waals surface area contributed by atoms with Crippen LogP contribution in [0.1, 0.15) is 16.8 Å². The molecule has 1 amide bonds. The van der Waals surface area contributed by atoms with E-state index < -0.39 is 5.91 Å². The van der Waals surface area contributed by atoms with E-state index in [1.54, 1.807) is 18.6 Å². The van der Waals surface area contributed by atoms with Crippen molar-refractivity contribution < 1.29 is 4.79 Å². The van der Waals surface area contributed by atoms with E-state index >= 15 is 0 Å². The maximum atomic E-state index is 12.0. The highest BCUT2D eigenvalue weighted by molar-refractivity contribution is 7.15. The molecule has 0 atom stereocenters. The summed E-state index contributed by atoms with van der Waals surface area (Å²) in [5.74, 6) is -0.414. The lowest BCUT2D eigenvalue weighted by Crippen LogP contribution is -2.33. The van der Waals surface area contributed by atoms with Gasteiger partial charge in [-0.3, -0.25) is 14.0 Å². The number of rotatable bonds is 3. The van der Waals surface area contributed by atoms with E-state index in [9.17, 15) is 9.59 Å². The molecule has 2 heterocycles. The summed E-state index contributed by atoms with van der Waals surface area (Å²) in [6, 6.07) is 1.95. The van der Waals surface area contributed by atoms with Gasteiger partial charge in [-0.1, -0.05) is 0 Å². The van der Waals surface area contributed by atoms with Gasteiger partial charge in [-0.05, 0) is 0 Å². The second-order valence-electron chi connectivity index (χ2n) is 3.67. The summed E-state index contributed by atoms with van der Waals surface area (Å²) in [7, 11) is 1.56. The first kappa shape index (κ1) is 12.3. The maximum Gasteiger partial charge on any atom is 0.271 e. The van der Waals surface area contributed by atoms with E-state index in [1.807, 2.05) is 6.07 Å². The minimum atomic E-state index is -0.414. The van der Waals surface area contributed by atoms with Gasteiger partial charge in [-0.2, -0.15) is 5.26 Å². The molecule has 0 fully saturated rings. The second kappa shape index (κ2) is 4.98. The summed E-state index contributed by atoms with van der Waals surface area (Å²) in [5.41, 5.74) is -0.360. The van der Waals surface area contributed by atoms with E-state index in [1.165, 1.54) is 26.8 Å². The van der Waals surface area contributed by atoms with E-state index in [-0.39, 0.29) is 17.5 Å². The highest BCUT2D eigenvalue weighted by Gasteiger charge is 2.17. The molecule has 6 nitrogen and oxygen atoms in total. The minimum absolute atomic E-state index is 0.0198. The van der Waals surface area contributed by atoms with Crippen molar-refractivity contribution in [1.82, 2.24) is 14.3 Å². The predicted octanol–water partition coefficient (Wildman–Crippen LogP) is 0.742. The van der Waals surface area contributed by atoms with Gasteiger partial charge in [0.05, 0.1) is 12.5 Å². The van der Waals surface area contributed by atoms with Crippen LogP contribution in [0.25, 0.3) is 4.96 Å². The third kappa shape index (κ3) is 2.10. The number of carbonyl (C=O) groups excluding carboxylic acids is 1. The standard InChI is InChI=1S/C11H10N4O2S/c1-14(4-2-3-12)9(16)8-7-13-11-15(10(8)17)5-6-18-11/h5-7H,2,4H2,1H3. The Morgan fingerprint density at radius 2 is 2.44 bits per heavy atom. The molecule has 0 N–H and O–H groups in total. The molecule has 0 aromatic carbocycles. The first-order chi connectivity index (χ1) is 8.65. The average molecular weight is 262 g/mol. The molecule has 2 rings (SSSR count). The second-order valence-corrected chi connectivity index (χ2v) is 4.54. The molecule has 2 aromatic rings. The van der Waals surface area contributed by atoms with Crippen molar-refractivity contribution in [2.75, 3.05) is 13.6 Å². The molecule has 0 unspecified atom stereocenters. The van der Waals surface area contributed by atoms with Gasteiger partial charge < -0.3 is 4.90 Å². The lowest BCUT2D eigenvalue weighted by molar-refractivity contribution is 0.0795. The van der Waals surface area contributed by atoms with Gasteiger partial charge in [0, 0.05) is 31.4 Å². The fraction of sp³-hybridized carbons (Fsp3) is 0.273. The van der Waals surface area contributed by atoms with Gasteiger partial charge in [0.2, 0.25) is 0 Å². The molecule has 7 heteroatoms. The molecule has 0 spiro atoms. The average Bonchev–Trinajstić information content (AvgIpc) is 2.84. The van der Waals surface area contributed by atoms with E-state index in [4.69, 9.17) is 5.26 Å². The third-order valence-electron chi connectivity index (χ3n) is 2.48. The zero-order valence-corrected chi connectivity index (χ0v) is 10.5. The van der Waals surface area contributed by atoms with Crippen LogP contribution in [0.2, 0.25) is 0 Å². The number of aromatic nitrogens is 2. The Balaban J connectivity index is 2.36. The van der Waals surface area contributed by atoms with E-state index in [2.05, 4.69) is 4.98 Å². The number of fused-ring (bicyclic) bond motifs is 1. The number of thiazole rings is 1. The molecular formula is C11H10N4O2S. The fourth-order valence-electron chi connectivity index (χ4n) is 1.50. The summed E-state index contributed by atoms with van der Waals surface area (Å²) in [6.07, 6.45) is 3.11. The molecule has 0 aliphatic rings. The summed E-state index contributed by atoms with van der Waals surface area (Å²) in [5, 5.41) is 10.2. The van der Waals surface area contributed by atoms with Crippen LogP contribution in [-0.2, 0) is 0 Å². The Kier molecular flexibility index (Phi) is 3.39. The normalized spacial score (nSPS) is 10.2. The van der Waals surface area contributed by atoms with Gasteiger partial charge in [0.15, 0.2) is 4.96 Å². The Bertz CT molecular complexity index is 682. The molecule has 0 aliphatic heterocycles. The van der Waals surface area contributed by atoms with Crippen molar-refractivity contribution in [3.8, 4) is 6.07 Å².